The molecule has 1 aliphatic rings. The van der Waals surface area contributed by atoms with Crippen LogP contribution in [0.5, 0.6) is 0 Å². The Morgan fingerprint density at radius 3 is 1.57 bits per heavy atom. The second-order valence-corrected chi connectivity index (χ2v) is 16.0. The van der Waals surface area contributed by atoms with E-state index in [4.69, 9.17) is 0 Å². The molecule has 10 rings (SSSR count). The Kier molecular flexibility index (Phi) is 8.96. The predicted molar refractivity (Wildman–Crippen MR) is 246 cm³/mol. The van der Waals surface area contributed by atoms with Gasteiger partial charge in [0.25, 0.3) is 0 Å². The smallest absolute Gasteiger partial charge is 0.0540 e. The molecule has 0 N–H and O–H groups in total. The van der Waals surface area contributed by atoms with E-state index in [1.54, 1.807) is 0 Å². The van der Waals surface area contributed by atoms with Gasteiger partial charge in [-0.1, -0.05) is 159 Å². The van der Waals surface area contributed by atoms with Crippen LogP contribution in [0.25, 0.3) is 44.2 Å². The number of rotatable bonds is 8. The van der Waals surface area contributed by atoms with Gasteiger partial charge in [0, 0.05) is 33.8 Å². The molecule has 0 bridgehead atoms. The molecule has 0 aliphatic heterocycles. The average Bonchev–Trinajstić information content (AvgIpc) is 3.28. The van der Waals surface area contributed by atoms with Crippen LogP contribution in [0, 0.1) is 0 Å². The third-order valence-electron chi connectivity index (χ3n) is 11.7. The Balaban J connectivity index is 0.965. The highest BCUT2D eigenvalue weighted by molar-refractivity contribution is 5.99. The molecule has 0 unspecified atom stereocenters. The molecule has 0 radical (unpaired) electrons. The summed E-state index contributed by atoms with van der Waals surface area (Å²) >= 11 is 0. The molecule has 9 aromatic rings. The van der Waals surface area contributed by atoms with Crippen LogP contribution in [0.1, 0.15) is 25.0 Å². The zero-order chi connectivity index (χ0) is 39.1. The number of para-hydroxylation sites is 2. The number of anilines is 6. The lowest BCUT2D eigenvalue weighted by Gasteiger charge is -2.36. The highest BCUT2D eigenvalue weighted by Crippen LogP contribution is 2.46. The van der Waals surface area contributed by atoms with Crippen LogP contribution in [0.4, 0.5) is 34.1 Å². The summed E-state index contributed by atoms with van der Waals surface area (Å²) in [6, 6.07) is 79.3. The number of hydrogen-bond acceptors (Lipinski definition) is 2. The van der Waals surface area contributed by atoms with Gasteiger partial charge >= 0.3 is 0 Å². The maximum Gasteiger partial charge on any atom is 0.0540 e. The molecular weight excluding hydrogens is 701 g/mol. The van der Waals surface area contributed by atoms with Gasteiger partial charge in [-0.05, 0) is 135 Å². The number of hydrogen-bond donors (Lipinski definition) is 0. The predicted octanol–water partition coefficient (Wildman–Crippen LogP) is 15.6. The summed E-state index contributed by atoms with van der Waals surface area (Å²) in [5, 5.41) is 2.45. The van der Waals surface area contributed by atoms with Crippen molar-refractivity contribution in [1.82, 2.24) is 0 Å². The number of benzene rings is 9. The average molecular weight is 745 g/mol. The first-order valence-electron chi connectivity index (χ1n) is 20.2. The highest BCUT2D eigenvalue weighted by atomic mass is 15.1. The molecule has 1 aliphatic carbocycles. The molecule has 0 saturated heterocycles. The largest absolute Gasteiger partial charge is 0.310 e. The van der Waals surface area contributed by atoms with Crippen molar-refractivity contribution >= 4 is 44.9 Å². The number of fused-ring (bicyclic) bond motifs is 4. The van der Waals surface area contributed by atoms with Gasteiger partial charge in [-0.15, -0.1) is 0 Å². The lowest BCUT2D eigenvalue weighted by atomic mass is 9.70. The van der Waals surface area contributed by atoms with Gasteiger partial charge in [-0.2, -0.15) is 0 Å². The quantitative estimate of drug-likeness (QED) is 0.153. The minimum absolute atomic E-state index is 0.0231. The molecule has 9 aromatic carbocycles. The fraction of sp³-hybridized carbons (Fsp3) is 0.0714. The van der Waals surface area contributed by atoms with E-state index in [1.165, 1.54) is 61.0 Å². The minimum atomic E-state index is 0.0231. The fourth-order valence-electron chi connectivity index (χ4n) is 8.89. The van der Waals surface area contributed by atoms with Gasteiger partial charge in [0.05, 0.1) is 5.69 Å². The van der Waals surface area contributed by atoms with E-state index in [1.807, 2.05) is 0 Å². The first kappa shape index (κ1) is 35.3. The van der Waals surface area contributed by atoms with Crippen molar-refractivity contribution in [3.05, 3.63) is 230 Å². The molecular formula is C56H44N2. The van der Waals surface area contributed by atoms with Crippen molar-refractivity contribution in [1.29, 1.82) is 0 Å². The van der Waals surface area contributed by atoms with Crippen LogP contribution in [0.3, 0.4) is 0 Å². The zero-order valence-electron chi connectivity index (χ0n) is 32.9. The number of nitrogens with zero attached hydrogens (tertiary/aromatic N) is 2. The van der Waals surface area contributed by atoms with Gasteiger partial charge in [-0.3, -0.25) is 0 Å². The SMILES string of the molecule is CC1(C)Cc2ccccc2-c2ccc(N(c3ccccc3)c3ccc(-c4cccc(-c5ccc(N(c6ccccc6)c6cccc7ccccc67)cc5)c4)cc3)cc21. The minimum Gasteiger partial charge on any atom is -0.310 e. The van der Waals surface area contributed by atoms with Crippen LogP contribution in [0.2, 0.25) is 0 Å². The summed E-state index contributed by atoms with van der Waals surface area (Å²) in [4.78, 5) is 4.74. The van der Waals surface area contributed by atoms with Crippen molar-refractivity contribution in [2.24, 2.45) is 0 Å². The Hall–Kier alpha value is -7.16. The molecule has 0 aromatic heterocycles. The molecule has 0 saturated carbocycles. The molecule has 0 amide bonds. The summed E-state index contributed by atoms with van der Waals surface area (Å²) in [7, 11) is 0. The van der Waals surface area contributed by atoms with Gasteiger partial charge in [0.15, 0.2) is 0 Å². The van der Waals surface area contributed by atoms with E-state index < -0.39 is 0 Å². The molecule has 0 atom stereocenters. The van der Waals surface area contributed by atoms with Crippen molar-refractivity contribution in [3.8, 4) is 33.4 Å². The summed E-state index contributed by atoms with van der Waals surface area (Å²) in [5.41, 5.74) is 17.1. The Bertz CT molecular complexity index is 2870. The maximum absolute atomic E-state index is 2.42. The van der Waals surface area contributed by atoms with Gasteiger partial charge in [0.2, 0.25) is 0 Å². The topological polar surface area (TPSA) is 6.48 Å². The second kappa shape index (κ2) is 14.7. The highest BCUT2D eigenvalue weighted by Gasteiger charge is 2.31. The third kappa shape index (κ3) is 6.53. The normalized spacial score (nSPS) is 12.7. The van der Waals surface area contributed by atoms with Crippen LogP contribution in [-0.2, 0) is 11.8 Å². The first-order chi connectivity index (χ1) is 28.5. The molecule has 0 heterocycles. The van der Waals surface area contributed by atoms with Crippen LogP contribution in [0.15, 0.2) is 218 Å². The summed E-state index contributed by atoms with van der Waals surface area (Å²) in [6.07, 6.45) is 1.03. The third-order valence-corrected chi connectivity index (χ3v) is 11.7. The summed E-state index contributed by atoms with van der Waals surface area (Å²) in [6.45, 7) is 4.75. The van der Waals surface area contributed by atoms with Crippen molar-refractivity contribution in [3.63, 3.8) is 0 Å². The van der Waals surface area contributed by atoms with Gasteiger partial charge < -0.3 is 9.80 Å². The standard InChI is InChI=1S/C56H44N2/c1-56(2)39-45-16-10-11-24-51(45)53-36-35-50(38-54(53)56)57(46-20-5-3-6-21-46)48-31-27-40(28-32-48)43-18-13-19-44(37-43)41-29-33-49(34-30-41)58(47-22-7-4-8-23-47)55-26-14-17-42-15-9-12-25-52(42)55/h3-38H,39H2,1-2H3. The molecule has 2 nitrogen and oxygen atoms in total. The van der Waals surface area contributed by atoms with E-state index in [-0.39, 0.29) is 5.41 Å². The fourth-order valence-corrected chi connectivity index (χ4v) is 8.89. The molecule has 58 heavy (non-hydrogen) atoms. The van der Waals surface area contributed by atoms with Crippen LogP contribution < -0.4 is 9.80 Å². The van der Waals surface area contributed by atoms with E-state index in [2.05, 4.69) is 242 Å². The monoisotopic (exact) mass is 744 g/mol. The van der Waals surface area contributed by atoms with E-state index in [0.29, 0.717) is 0 Å². The van der Waals surface area contributed by atoms with E-state index in [0.717, 1.165) is 34.9 Å². The first-order valence-corrected chi connectivity index (χ1v) is 20.2. The second-order valence-electron chi connectivity index (χ2n) is 16.0. The van der Waals surface area contributed by atoms with Crippen molar-refractivity contribution < 1.29 is 0 Å². The molecule has 278 valence electrons. The van der Waals surface area contributed by atoms with E-state index >= 15 is 0 Å². The Labute approximate surface area is 341 Å². The molecule has 0 spiro atoms. The van der Waals surface area contributed by atoms with Crippen LogP contribution >= 0.6 is 0 Å². The lowest BCUT2D eigenvalue weighted by Crippen LogP contribution is -2.26. The van der Waals surface area contributed by atoms with Crippen molar-refractivity contribution in [2.75, 3.05) is 9.80 Å². The molecule has 2 heteroatoms. The van der Waals surface area contributed by atoms with Gasteiger partial charge in [0.1, 0.15) is 0 Å². The lowest BCUT2D eigenvalue weighted by molar-refractivity contribution is 0.517. The summed E-state index contributed by atoms with van der Waals surface area (Å²) in [5.74, 6) is 0. The summed E-state index contributed by atoms with van der Waals surface area (Å²) < 4.78 is 0. The zero-order valence-corrected chi connectivity index (χ0v) is 32.9. The van der Waals surface area contributed by atoms with E-state index in [9.17, 15) is 0 Å². The maximum atomic E-state index is 2.42. The van der Waals surface area contributed by atoms with Crippen molar-refractivity contribution in [2.45, 2.75) is 25.7 Å². The van der Waals surface area contributed by atoms with Crippen LogP contribution in [-0.4, -0.2) is 0 Å². The molecule has 0 fully saturated rings. The Morgan fingerprint density at radius 1 is 0.362 bits per heavy atom. The Morgan fingerprint density at radius 2 is 0.879 bits per heavy atom. The van der Waals surface area contributed by atoms with Gasteiger partial charge in [-0.25, -0.2) is 0 Å².